The molecule has 0 atom stereocenters. The highest BCUT2D eigenvalue weighted by Crippen LogP contribution is 2.36. The van der Waals surface area contributed by atoms with E-state index in [1.165, 1.54) is 0 Å². The molecule has 1 heterocycles. The molecule has 1 saturated carbocycles. The van der Waals surface area contributed by atoms with E-state index in [0.717, 1.165) is 42.7 Å². The lowest BCUT2D eigenvalue weighted by Gasteiger charge is -2.26. The standard InChI is InChI=1S/C19H26N2O4/c1-19(2,14-7-8-15-16(9-14)25-12-24-15)11-21-17(22)10-20-18(23)13-5-3-4-6-13/h7-9,13H,3-6,10-12H2,1-2H3,(H,20,23)(H,21,22). The summed E-state index contributed by atoms with van der Waals surface area (Å²) < 4.78 is 10.7. The number of hydrogen-bond donors (Lipinski definition) is 2. The molecule has 136 valence electrons. The minimum absolute atomic E-state index is 0.00248. The highest BCUT2D eigenvalue weighted by atomic mass is 16.7. The minimum atomic E-state index is -0.258. The van der Waals surface area contributed by atoms with Crippen LogP contribution in [0.3, 0.4) is 0 Å². The van der Waals surface area contributed by atoms with E-state index in [0.29, 0.717) is 6.54 Å². The van der Waals surface area contributed by atoms with E-state index in [9.17, 15) is 9.59 Å². The summed E-state index contributed by atoms with van der Waals surface area (Å²) in [7, 11) is 0. The summed E-state index contributed by atoms with van der Waals surface area (Å²) in [6, 6.07) is 5.83. The summed E-state index contributed by atoms with van der Waals surface area (Å²) in [6.07, 6.45) is 4.08. The average Bonchev–Trinajstić information content (AvgIpc) is 3.28. The fourth-order valence-corrected chi connectivity index (χ4v) is 3.30. The molecule has 0 bridgehead atoms. The number of amides is 2. The van der Waals surface area contributed by atoms with E-state index in [-0.39, 0.29) is 36.5 Å². The third-order valence-corrected chi connectivity index (χ3v) is 5.03. The molecule has 6 nitrogen and oxygen atoms in total. The third-order valence-electron chi connectivity index (χ3n) is 5.03. The van der Waals surface area contributed by atoms with Gasteiger partial charge in [-0.25, -0.2) is 0 Å². The van der Waals surface area contributed by atoms with E-state index < -0.39 is 0 Å². The number of fused-ring (bicyclic) bond motifs is 1. The fourth-order valence-electron chi connectivity index (χ4n) is 3.30. The Morgan fingerprint density at radius 1 is 1.12 bits per heavy atom. The Bertz CT molecular complexity index is 651. The second kappa shape index (κ2) is 7.33. The van der Waals surface area contributed by atoms with Gasteiger partial charge in [0.05, 0.1) is 6.54 Å². The third kappa shape index (κ3) is 4.24. The van der Waals surface area contributed by atoms with E-state index in [1.54, 1.807) is 0 Å². The maximum absolute atomic E-state index is 12.1. The van der Waals surface area contributed by atoms with E-state index in [4.69, 9.17) is 9.47 Å². The number of carbonyl (C=O) groups is 2. The van der Waals surface area contributed by atoms with E-state index in [2.05, 4.69) is 24.5 Å². The van der Waals surface area contributed by atoms with Crippen LogP contribution < -0.4 is 20.1 Å². The first-order chi connectivity index (χ1) is 12.0. The molecule has 1 fully saturated rings. The van der Waals surface area contributed by atoms with Crippen LogP contribution in [0, 0.1) is 5.92 Å². The number of rotatable bonds is 6. The Morgan fingerprint density at radius 3 is 2.60 bits per heavy atom. The van der Waals surface area contributed by atoms with Gasteiger partial charge in [0.25, 0.3) is 0 Å². The summed E-state index contributed by atoms with van der Waals surface area (Å²) in [5.74, 6) is 1.40. The molecule has 25 heavy (non-hydrogen) atoms. The number of hydrogen-bond acceptors (Lipinski definition) is 4. The molecule has 2 aliphatic rings. The van der Waals surface area contributed by atoms with Crippen molar-refractivity contribution >= 4 is 11.8 Å². The van der Waals surface area contributed by atoms with Gasteiger partial charge in [-0.15, -0.1) is 0 Å². The zero-order chi connectivity index (χ0) is 17.9. The molecular weight excluding hydrogens is 320 g/mol. The van der Waals surface area contributed by atoms with Gasteiger partial charge in [-0.05, 0) is 30.5 Å². The molecule has 1 aromatic rings. The Kier molecular flexibility index (Phi) is 5.16. The first-order valence-corrected chi connectivity index (χ1v) is 8.90. The van der Waals surface area contributed by atoms with Crippen LogP contribution in [0.25, 0.3) is 0 Å². The van der Waals surface area contributed by atoms with Crippen molar-refractivity contribution in [2.45, 2.75) is 44.9 Å². The lowest BCUT2D eigenvalue weighted by molar-refractivity contribution is -0.128. The van der Waals surface area contributed by atoms with Crippen molar-refractivity contribution in [3.63, 3.8) is 0 Å². The average molecular weight is 346 g/mol. The molecule has 1 aliphatic carbocycles. The molecule has 1 aromatic carbocycles. The maximum Gasteiger partial charge on any atom is 0.239 e. The van der Waals surface area contributed by atoms with Crippen LogP contribution in [-0.2, 0) is 15.0 Å². The smallest absolute Gasteiger partial charge is 0.239 e. The molecule has 1 aliphatic heterocycles. The number of benzene rings is 1. The summed E-state index contributed by atoms with van der Waals surface area (Å²) in [5, 5.41) is 5.66. The monoisotopic (exact) mass is 346 g/mol. The van der Waals surface area contributed by atoms with Crippen molar-refractivity contribution in [1.82, 2.24) is 10.6 Å². The number of nitrogens with one attached hydrogen (secondary N) is 2. The Balaban J connectivity index is 1.48. The minimum Gasteiger partial charge on any atom is -0.454 e. The van der Waals surface area contributed by atoms with Crippen LogP contribution in [0.1, 0.15) is 45.1 Å². The molecule has 0 spiro atoms. The van der Waals surface area contributed by atoms with Crippen molar-refractivity contribution in [3.05, 3.63) is 23.8 Å². The maximum atomic E-state index is 12.1. The van der Waals surface area contributed by atoms with Crippen molar-refractivity contribution in [1.29, 1.82) is 0 Å². The molecule has 0 unspecified atom stereocenters. The first kappa shape index (κ1) is 17.6. The van der Waals surface area contributed by atoms with Crippen molar-refractivity contribution in [3.8, 4) is 11.5 Å². The SMILES string of the molecule is CC(C)(CNC(=O)CNC(=O)C1CCCC1)c1ccc2c(c1)OCO2. The van der Waals surface area contributed by atoms with Crippen molar-refractivity contribution in [2.75, 3.05) is 19.9 Å². The van der Waals surface area contributed by atoms with Gasteiger partial charge in [0.1, 0.15) is 0 Å². The molecule has 2 amide bonds. The van der Waals surface area contributed by atoms with Crippen LogP contribution in [0.15, 0.2) is 18.2 Å². The fraction of sp³-hybridized carbons (Fsp3) is 0.579. The lowest BCUT2D eigenvalue weighted by Crippen LogP contribution is -2.43. The van der Waals surface area contributed by atoms with Crippen LogP contribution in [0.5, 0.6) is 11.5 Å². The van der Waals surface area contributed by atoms with Crippen LogP contribution in [0.4, 0.5) is 0 Å². The summed E-state index contributed by atoms with van der Waals surface area (Å²) in [4.78, 5) is 24.0. The summed E-state index contributed by atoms with van der Waals surface area (Å²) >= 11 is 0. The van der Waals surface area contributed by atoms with Crippen LogP contribution in [-0.4, -0.2) is 31.7 Å². The van der Waals surface area contributed by atoms with Gasteiger partial charge >= 0.3 is 0 Å². The van der Waals surface area contributed by atoms with Crippen molar-refractivity contribution < 1.29 is 19.1 Å². The lowest BCUT2D eigenvalue weighted by atomic mass is 9.84. The van der Waals surface area contributed by atoms with Gasteiger partial charge in [-0.2, -0.15) is 0 Å². The van der Waals surface area contributed by atoms with Gasteiger partial charge in [0, 0.05) is 17.9 Å². The quantitative estimate of drug-likeness (QED) is 0.827. The summed E-state index contributed by atoms with van der Waals surface area (Å²) in [5.41, 5.74) is 0.804. The Morgan fingerprint density at radius 2 is 1.84 bits per heavy atom. The molecule has 3 rings (SSSR count). The molecule has 6 heteroatoms. The second-order valence-corrected chi connectivity index (χ2v) is 7.43. The molecular formula is C19H26N2O4. The molecule has 0 radical (unpaired) electrons. The van der Waals surface area contributed by atoms with Gasteiger partial charge in [0.2, 0.25) is 18.6 Å². The van der Waals surface area contributed by atoms with E-state index in [1.807, 2.05) is 18.2 Å². The highest BCUT2D eigenvalue weighted by molar-refractivity contribution is 5.85. The topological polar surface area (TPSA) is 76.7 Å². The predicted molar refractivity (Wildman–Crippen MR) is 93.6 cm³/mol. The zero-order valence-corrected chi connectivity index (χ0v) is 14.9. The molecule has 0 aromatic heterocycles. The van der Waals surface area contributed by atoms with Gasteiger partial charge in [-0.3, -0.25) is 9.59 Å². The van der Waals surface area contributed by atoms with Crippen LogP contribution in [0.2, 0.25) is 0 Å². The van der Waals surface area contributed by atoms with Gasteiger partial charge in [0.15, 0.2) is 11.5 Å². The van der Waals surface area contributed by atoms with Crippen molar-refractivity contribution in [2.24, 2.45) is 5.92 Å². The number of ether oxygens (including phenoxy) is 2. The second-order valence-electron chi connectivity index (χ2n) is 7.43. The molecule has 2 N–H and O–H groups in total. The highest BCUT2D eigenvalue weighted by Gasteiger charge is 2.25. The van der Waals surface area contributed by atoms with E-state index >= 15 is 0 Å². The normalized spacial score (nSPS) is 16.7. The van der Waals surface area contributed by atoms with Crippen LogP contribution >= 0.6 is 0 Å². The van der Waals surface area contributed by atoms with Gasteiger partial charge in [-0.1, -0.05) is 32.8 Å². The first-order valence-electron chi connectivity index (χ1n) is 8.90. The van der Waals surface area contributed by atoms with Gasteiger partial charge < -0.3 is 20.1 Å². The zero-order valence-electron chi connectivity index (χ0n) is 14.9. The Labute approximate surface area is 148 Å². The molecule has 0 saturated heterocycles. The summed E-state index contributed by atoms with van der Waals surface area (Å²) in [6.45, 7) is 4.87. The largest absolute Gasteiger partial charge is 0.454 e. The Hall–Kier alpha value is -2.24. The predicted octanol–water partition coefficient (Wildman–Crippen LogP) is 2.12. The number of carbonyl (C=O) groups excluding carboxylic acids is 2.